The van der Waals surface area contributed by atoms with Crippen LogP contribution < -0.4 is 4.90 Å². The van der Waals surface area contributed by atoms with Crippen LogP contribution in [0.1, 0.15) is 35.7 Å². The summed E-state index contributed by atoms with van der Waals surface area (Å²) in [5.74, 6) is -0.923. The third-order valence-corrected chi connectivity index (χ3v) is 6.26. The summed E-state index contributed by atoms with van der Waals surface area (Å²) in [6.07, 6.45) is 1.13. The second-order valence-electron chi connectivity index (χ2n) is 7.89. The predicted octanol–water partition coefficient (Wildman–Crippen LogP) is 4.60. The van der Waals surface area contributed by atoms with Crippen molar-refractivity contribution >= 4 is 40.2 Å². The van der Waals surface area contributed by atoms with Gasteiger partial charge in [0.2, 0.25) is 0 Å². The van der Waals surface area contributed by atoms with E-state index in [-0.39, 0.29) is 23.3 Å². The predicted molar refractivity (Wildman–Crippen MR) is 117 cm³/mol. The minimum atomic E-state index is -0.454. The molecule has 3 aromatic rings. The average molecular weight is 444 g/mol. The number of nitrogens with zero attached hydrogens (tertiary/aromatic N) is 3. The summed E-state index contributed by atoms with van der Waals surface area (Å²) >= 11 is 6.30. The molecule has 0 aliphatic carbocycles. The highest BCUT2D eigenvalue weighted by Gasteiger charge is 2.34. The first kappa shape index (κ1) is 21.3. The van der Waals surface area contributed by atoms with Crippen LogP contribution in [0.2, 0.25) is 5.02 Å². The number of benzene rings is 2. The number of aryl methyl sites for hydroxylation is 1. The molecule has 2 unspecified atom stereocenters. The first-order valence-corrected chi connectivity index (χ1v) is 10.5. The van der Waals surface area contributed by atoms with Gasteiger partial charge in [0.1, 0.15) is 5.82 Å². The smallest absolute Gasteiger partial charge is 0.308 e. The zero-order chi connectivity index (χ0) is 22.3. The molecule has 162 valence electrons. The van der Waals surface area contributed by atoms with Gasteiger partial charge in [0, 0.05) is 12.6 Å². The first-order valence-electron chi connectivity index (χ1n) is 10.1. The average Bonchev–Trinajstić information content (AvgIpc) is 3.13. The lowest BCUT2D eigenvalue weighted by Crippen LogP contribution is -2.43. The summed E-state index contributed by atoms with van der Waals surface area (Å²) in [5.41, 5.74) is 1.43. The molecule has 0 N–H and O–H groups in total. The number of halogens is 2. The molecule has 1 saturated heterocycles. The third-order valence-electron chi connectivity index (χ3n) is 5.95. The monoisotopic (exact) mass is 443 g/mol. The molecule has 0 radical (unpaired) electrons. The van der Waals surface area contributed by atoms with E-state index in [0.717, 1.165) is 0 Å². The van der Waals surface area contributed by atoms with E-state index in [9.17, 15) is 14.0 Å². The fourth-order valence-electron chi connectivity index (χ4n) is 4.34. The lowest BCUT2D eigenvalue weighted by molar-refractivity contribution is -0.146. The van der Waals surface area contributed by atoms with Gasteiger partial charge in [0.25, 0.3) is 5.91 Å². The van der Waals surface area contributed by atoms with E-state index < -0.39 is 11.7 Å². The molecule has 2 aromatic carbocycles. The number of carbonyl (C=O) groups is 2. The molecule has 1 fully saturated rings. The Morgan fingerprint density at radius 1 is 1.23 bits per heavy atom. The number of carbonyl (C=O) groups excluding carboxylic acids is 2. The first-order chi connectivity index (χ1) is 14.8. The highest BCUT2D eigenvalue weighted by molar-refractivity contribution is 6.34. The van der Waals surface area contributed by atoms with Gasteiger partial charge in [-0.25, -0.2) is 4.39 Å². The maximum Gasteiger partial charge on any atom is 0.308 e. The van der Waals surface area contributed by atoms with Gasteiger partial charge in [-0.05, 0) is 50.5 Å². The van der Waals surface area contributed by atoms with Crippen LogP contribution in [-0.4, -0.2) is 41.4 Å². The van der Waals surface area contributed by atoms with Crippen LogP contribution in [0.3, 0.4) is 0 Å². The topological polar surface area (TPSA) is 64.4 Å². The van der Waals surface area contributed by atoms with E-state index in [1.165, 1.54) is 17.9 Å². The second kappa shape index (κ2) is 8.30. The van der Waals surface area contributed by atoms with Gasteiger partial charge in [-0.3, -0.25) is 9.59 Å². The molecule has 2 atom stereocenters. The molecule has 2 heterocycles. The normalized spacial score (nSPS) is 18.9. The van der Waals surface area contributed by atoms with Gasteiger partial charge >= 0.3 is 5.97 Å². The SMILES string of the molecule is COC(=O)C1CCN(c2nn(C(=O)c3c(C)cccc3Cl)c3cccc(F)c23)C(C)C1. The molecule has 1 aromatic heterocycles. The van der Waals surface area contributed by atoms with Gasteiger partial charge in [0.05, 0.1) is 34.5 Å². The Balaban J connectivity index is 1.80. The van der Waals surface area contributed by atoms with Crippen molar-refractivity contribution in [2.45, 2.75) is 32.7 Å². The van der Waals surface area contributed by atoms with Crippen molar-refractivity contribution in [2.24, 2.45) is 5.92 Å². The summed E-state index contributed by atoms with van der Waals surface area (Å²) in [5, 5.41) is 5.15. The summed E-state index contributed by atoms with van der Waals surface area (Å²) in [6.45, 7) is 4.26. The van der Waals surface area contributed by atoms with Gasteiger partial charge in [-0.1, -0.05) is 29.8 Å². The van der Waals surface area contributed by atoms with Crippen LogP contribution in [0.5, 0.6) is 0 Å². The van der Waals surface area contributed by atoms with E-state index in [1.54, 1.807) is 37.3 Å². The van der Waals surface area contributed by atoms with Gasteiger partial charge in [-0.15, -0.1) is 5.10 Å². The van der Waals surface area contributed by atoms with Crippen molar-refractivity contribution in [3.8, 4) is 0 Å². The molecule has 31 heavy (non-hydrogen) atoms. The van der Waals surface area contributed by atoms with Gasteiger partial charge in [0.15, 0.2) is 5.82 Å². The van der Waals surface area contributed by atoms with E-state index in [0.29, 0.717) is 46.9 Å². The molecule has 6 nitrogen and oxygen atoms in total. The molecule has 4 rings (SSSR count). The summed E-state index contributed by atoms with van der Waals surface area (Å²) in [7, 11) is 1.38. The highest BCUT2D eigenvalue weighted by Crippen LogP contribution is 2.35. The van der Waals surface area contributed by atoms with Crippen molar-refractivity contribution in [1.82, 2.24) is 9.78 Å². The van der Waals surface area contributed by atoms with E-state index >= 15 is 0 Å². The number of aromatic nitrogens is 2. The molecular weight excluding hydrogens is 421 g/mol. The molecule has 1 aliphatic heterocycles. The van der Waals surface area contributed by atoms with Crippen molar-refractivity contribution in [3.63, 3.8) is 0 Å². The number of piperidine rings is 1. The number of hydrogen-bond donors (Lipinski definition) is 0. The van der Waals surface area contributed by atoms with Crippen molar-refractivity contribution in [3.05, 3.63) is 58.4 Å². The fourth-order valence-corrected chi connectivity index (χ4v) is 4.64. The van der Waals surface area contributed by atoms with Gasteiger partial charge < -0.3 is 9.64 Å². The highest BCUT2D eigenvalue weighted by atomic mass is 35.5. The number of anilines is 1. The number of hydrogen-bond acceptors (Lipinski definition) is 5. The largest absolute Gasteiger partial charge is 0.469 e. The minimum Gasteiger partial charge on any atom is -0.469 e. The molecule has 0 saturated carbocycles. The van der Waals surface area contributed by atoms with Crippen molar-refractivity contribution in [1.29, 1.82) is 0 Å². The minimum absolute atomic E-state index is 0.0823. The van der Waals surface area contributed by atoms with E-state index in [1.807, 2.05) is 11.8 Å². The Hall–Kier alpha value is -2.93. The lowest BCUT2D eigenvalue weighted by Gasteiger charge is -2.37. The molecule has 0 amide bonds. The zero-order valence-corrected chi connectivity index (χ0v) is 18.3. The number of methoxy groups -OCH3 is 1. The van der Waals surface area contributed by atoms with Crippen LogP contribution in [-0.2, 0) is 9.53 Å². The number of ether oxygens (including phenoxy) is 1. The van der Waals surface area contributed by atoms with Crippen molar-refractivity contribution < 1.29 is 18.7 Å². The Kier molecular flexibility index (Phi) is 5.71. The van der Waals surface area contributed by atoms with Crippen LogP contribution in [0, 0.1) is 18.7 Å². The van der Waals surface area contributed by atoms with Crippen LogP contribution >= 0.6 is 11.6 Å². The Morgan fingerprint density at radius 3 is 2.65 bits per heavy atom. The second-order valence-corrected chi connectivity index (χ2v) is 8.30. The summed E-state index contributed by atoms with van der Waals surface area (Å²) < 4.78 is 21.0. The van der Waals surface area contributed by atoms with Crippen molar-refractivity contribution in [2.75, 3.05) is 18.6 Å². The Morgan fingerprint density at radius 2 is 1.97 bits per heavy atom. The molecular formula is C23H23ClFN3O3. The number of esters is 1. The van der Waals surface area contributed by atoms with E-state index in [4.69, 9.17) is 16.3 Å². The third kappa shape index (κ3) is 3.67. The quantitative estimate of drug-likeness (QED) is 0.553. The molecule has 0 spiro atoms. The standard InChI is InChI=1S/C23H23ClFN3O3/c1-13-6-4-7-16(24)19(13)22(29)28-18-9-5-8-17(25)20(18)21(26-28)27-11-10-15(12-14(27)2)23(30)31-3/h4-9,14-15H,10-12H2,1-3H3. The maximum absolute atomic E-state index is 14.9. The lowest BCUT2D eigenvalue weighted by atomic mass is 9.91. The zero-order valence-electron chi connectivity index (χ0n) is 17.6. The van der Waals surface area contributed by atoms with Crippen LogP contribution in [0.25, 0.3) is 10.9 Å². The molecule has 0 bridgehead atoms. The summed E-state index contributed by atoms with van der Waals surface area (Å²) in [4.78, 5) is 27.3. The van der Waals surface area contributed by atoms with Crippen LogP contribution in [0.4, 0.5) is 10.2 Å². The number of fused-ring (bicyclic) bond motifs is 1. The Bertz CT molecular complexity index is 1160. The van der Waals surface area contributed by atoms with Crippen LogP contribution in [0.15, 0.2) is 36.4 Å². The van der Waals surface area contributed by atoms with E-state index in [2.05, 4.69) is 5.10 Å². The molecule has 1 aliphatic rings. The maximum atomic E-state index is 14.9. The van der Waals surface area contributed by atoms with Gasteiger partial charge in [-0.2, -0.15) is 4.68 Å². The Labute approximate surface area is 184 Å². The summed E-state index contributed by atoms with van der Waals surface area (Å²) in [6, 6.07) is 9.72. The number of rotatable bonds is 3. The molecule has 8 heteroatoms. The fraction of sp³-hybridized carbons (Fsp3) is 0.348.